The Hall–Kier alpha value is -1.29. The van der Waals surface area contributed by atoms with Gasteiger partial charge in [-0.3, -0.25) is 5.43 Å². The van der Waals surface area contributed by atoms with E-state index >= 15 is 0 Å². The van der Waals surface area contributed by atoms with Crippen molar-refractivity contribution in [3.8, 4) is 0 Å². The van der Waals surface area contributed by atoms with Crippen LogP contribution in [0, 0.1) is 0 Å². The third-order valence-corrected chi connectivity index (χ3v) is 4.96. The van der Waals surface area contributed by atoms with Gasteiger partial charge in [-0.1, -0.05) is 0 Å². The Labute approximate surface area is 118 Å². The van der Waals surface area contributed by atoms with E-state index in [9.17, 15) is 8.42 Å². The molecule has 1 aromatic rings. The van der Waals surface area contributed by atoms with Crippen molar-refractivity contribution in [3.63, 3.8) is 0 Å². The Kier molecular flexibility index (Phi) is 4.86. The summed E-state index contributed by atoms with van der Waals surface area (Å²) in [5, 5.41) is 0. The fraction of sp³-hybridized carbons (Fsp3) is 0.636. The lowest BCUT2D eigenvalue weighted by molar-refractivity contribution is 0.0265. The zero-order valence-electron chi connectivity index (χ0n) is 11.3. The maximum atomic E-state index is 12.5. The molecule has 1 saturated heterocycles. The minimum absolute atomic E-state index is 0.0468. The number of nitrogens with two attached hydrogens (primary N) is 1. The quantitative estimate of drug-likeness (QED) is 0.579. The number of anilines is 1. The van der Waals surface area contributed by atoms with E-state index in [2.05, 4.69) is 15.4 Å². The van der Waals surface area contributed by atoms with Gasteiger partial charge in [-0.25, -0.2) is 24.2 Å². The molecule has 3 N–H and O–H groups in total. The van der Waals surface area contributed by atoms with Crippen LogP contribution in [0.5, 0.6) is 0 Å². The molecule has 1 aliphatic rings. The molecule has 20 heavy (non-hydrogen) atoms. The summed E-state index contributed by atoms with van der Waals surface area (Å²) >= 11 is 0. The highest BCUT2D eigenvalue weighted by atomic mass is 32.2. The van der Waals surface area contributed by atoms with Crippen LogP contribution >= 0.6 is 0 Å². The summed E-state index contributed by atoms with van der Waals surface area (Å²) in [6.45, 7) is 3.34. The maximum absolute atomic E-state index is 12.5. The standard InChI is InChI=1S/C11H19N5O3S/c1-2-19-9-4-3-5-16(8-9)20(17,18)10-6-13-11(15-12)14-7-10/h6-7,9H,2-5,8,12H2,1H3,(H,13,14,15). The summed E-state index contributed by atoms with van der Waals surface area (Å²) in [6, 6.07) is 0. The molecular formula is C11H19N5O3S. The number of aromatic nitrogens is 2. The molecule has 112 valence electrons. The Bertz CT molecular complexity index is 531. The largest absolute Gasteiger partial charge is 0.377 e. The van der Waals surface area contributed by atoms with Gasteiger partial charge in [0, 0.05) is 19.7 Å². The lowest BCUT2D eigenvalue weighted by atomic mass is 10.1. The van der Waals surface area contributed by atoms with Gasteiger partial charge < -0.3 is 4.74 Å². The number of hydrogen-bond acceptors (Lipinski definition) is 7. The second-order valence-corrected chi connectivity index (χ2v) is 6.41. The molecule has 0 radical (unpaired) electrons. The molecule has 8 nitrogen and oxygen atoms in total. The zero-order valence-corrected chi connectivity index (χ0v) is 12.1. The number of nitrogens with one attached hydrogen (secondary N) is 1. The highest BCUT2D eigenvalue weighted by Crippen LogP contribution is 2.21. The molecule has 0 aromatic carbocycles. The second-order valence-electron chi connectivity index (χ2n) is 4.47. The van der Waals surface area contributed by atoms with Crippen LogP contribution in [-0.4, -0.2) is 48.5 Å². The first-order valence-electron chi connectivity index (χ1n) is 6.48. The minimum atomic E-state index is -3.58. The van der Waals surface area contributed by atoms with E-state index in [1.807, 2.05) is 6.92 Å². The average molecular weight is 301 g/mol. The number of piperidine rings is 1. The molecule has 1 aromatic heterocycles. The molecular weight excluding hydrogens is 282 g/mol. The van der Waals surface area contributed by atoms with Gasteiger partial charge in [0.05, 0.1) is 18.5 Å². The lowest BCUT2D eigenvalue weighted by Gasteiger charge is -2.31. The summed E-state index contributed by atoms with van der Waals surface area (Å²) < 4.78 is 31.9. The highest BCUT2D eigenvalue weighted by molar-refractivity contribution is 7.89. The predicted octanol–water partition coefficient (Wildman–Crippen LogP) is -0.0482. The molecule has 0 aliphatic carbocycles. The molecule has 1 atom stereocenters. The van der Waals surface area contributed by atoms with Crippen LogP contribution in [0.4, 0.5) is 5.95 Å². The SMILES string of the molecule is CCOC1CCCN(S(=O)(=O)c2cnc(NN)nc2)C1. The first-order valence-corrected chi connectivity index (χ1v) is 7.92. The van der Waals surface area contributed by atoms with Gasteiger partial charge in [-0.05, 0) is 19.8 Å². The number of hydrogen-bond donors (Lipinski definition) is 2. The number of rotatable bonds is 5. The third-order valence-electron chi connectivity index (χ3n) is 3.14. The number of nitrogen functional groups attached to an aromatic ring is 1. The predicted molar refractivity (Wildman–Crippen MR) is 73.2 cm³/mol. The topological polar surface area (TPSA) is 110 Å². The third kappa shape index (κ3) is 3.23. The van der Waals surface area contributed by atoms with Crippen molar-refractivity contribution < 1.29 is 13.2 Å². The van der Waals surface area contributed by atoms with Crippen LogP contribution in [0.25, 0.3) is 0 Å². The summed E-state index contributed by atoms with van der Waals surface area (Å²) in [6.07, 6.45) is 4.12. The van der Waals surface area contributed by atoms with E-state index in [0.29, 0.717) is 19.7 Å². The Morgan fingerprint density at radius 3 is 2.80 bits per heavy atom. The number of hydrazine groups is 1. The number of nitrogens with zero attached hydrogens (tertiary/aromatic N) is 3. The average Bonchev–Trinajstić information content (AvgIpc) is 2.48. The summed E-state index contributed by atoms with van der Waals surface area (Å²) in [4.78, 5) is 7.72. The van der Waals surface area contributed by atoms with Gasteiger partial charge >= 0.3 is 0 Å². The molecule has 2 rings (SSSR count). The molecule has 0 bridgehead atoms. The maximum Gasteiger partial charge on any atom is 0.246 e. The summed E-state index contributed by atoms with van der Waals surface area (Å²) in [5.41, 5.74) is 2.26. The molecule has 1 fully saturated rings. The first kappa shape index (κ1) is 15.1. The molecule has 0 amide bonds. The Morgan fingerprint density at radius 2 is 2.20 bits per heavy atom. The number of sulfonamides is 1. The fourth-order valence-corrected chi connectivity index (χ4v) is 3.57. The van der Waals surface area contributed by atoms with Gasteiger partial charge in [0.15, 0.2) is 0 Å². The van der Waals surface area contributed by atoms with Crippen LogP contribution in [0.2, 0.25) is 0 Å². The van der Waals surface area contributed by atoms with Crippen LogP contribution in [0.15, 0.2) is 17.3 Å². The lowest BCUT2D eigenvalue weighted by Crippen LogP contribution is -2.43. The van der Waals surface area contributed by atoms with Crippen molar-refractivity contribution in [2.75, 3.05) is 25.1 Å². The van der Waals surface area contributed by atoms with E-state index in [1.165, 1.54) is 16.7 Å². The van der Waals surface area contributed by atoms with Gasteiger partial charge in [0.2, 0.25) is 16.0 Å². The molecule has 0 spiro atoms. The van der Waals surface area contributed by atoms with Crippen molar-refractivity contribution in [2.24, 2.45) is 5.84 Å². The minimum Gasteiger partial charge on any atom is -0.377 e. The van der Waals surface area contributed by atoms with Crippen LogP contribution in [0.3, 0.4) is 0 Å². The van der Waals surface area contributed by atoms with E-state index in [4.69, 9.17) is 10.6 Å². The first-order chi connectivity index (χ1) is 9.57. The van der Waals surface area contributed by atoms with E-state index in [0.717, 1.165) is 12.8 Å². The van der Waals surface area contributed by atoms with Crippen molar-refractivity contribution in [1.29, 1.82) is 0 Å². The normalized spacial score (nSPS) is 20.8. The molecule has 1 unspecified atom stereocenters. The van der Waals surface area contributed by atoms with Crippen molar-refractivity contribution >= 4 is 16.0 Å². The Balaban J connectivity index is 2.16. The van der Waals surface area contributed by atoms with E-state index in [-0.39, 0.29) is 16.9 Å². The summed E-state index contributed by atoms with van der Waals surface area (Å²) in [5.74, 6) is 5.33. The van der Waals surface area contributed by atoms with Crippen LogP contribution in [-0.2, 0) is 14.8 Å². The second kappa shape index (κ2) is 6.44. The zero-order chi connectivity index (χ0) is 14.6. The molecule has 2 heterocycles. The number of ether oxygens (including phenoxy) is 1. The van der Waals surface area contributed by atoms with Crippen LogP contribution in [0.1, 0.15) is 19.8 Å². The smallest absolute Gasteiger partial charge is 0.246 e. The van der Waals surface area contributed by atoms with Crippen molar-refractivity contribution in [1.82, 2.24) is 14.3 Å². The van der Waals surface area contributed by atoms with Gasteiger partial charge in [0.25, 0.3) is 0 Å². The molecule has 1 aliphatic heterocycles. The monoisotopic (exact) mass is 301 g/mol. The van der Waals surface area contributed by atoms with Gasteiger partial charge in [-0.15, -0.1) is 0 Å². The fourth-order valence-electron chi connectivity index (χ4n) is 2.17. The van der Waals surface area contributed by atoms with E-state index in [1.54, 1.807) is 0 Å². The van der Waals surface area contributed by atoms with Gasteiger partial charge in [0.1, 0.15) is 4.90 Å². The Morgan fingerprint density at radius 1 is 1.50 bits per heavy atom. The summed E-state index contributed by atoms with van der Waals surface area (Å²) in [7, 11) is -3.58. The van der Waals surface area contributed by atoms with Gasteiger partial charge in [-0.2, -0.15) is 4.31 Å². The van der Waals surface area contributed by atoms with Crippen molar-refractivity contribution in [2.45, 2.75) is 30.8 Å². The van der Waals surface area contributed by atoms with Crippen LogP contribution < -0.4 is 11.3 Å². The van der Waals surface area contributed by atoms with Crippen molar-refractivity contribution in [3.05, 3.63) is 12.4 Å². The molecule has 0 saturated carbocycles. The van der Waals surface area contributed by atoms with E-state index < -0.39 is 10.0 Å². The highest BCUT2D eigenvalue weighted by Gasteiger charge is 2.30. The molecule has 9 heteroatoms.